The van der Waals surface area contributed by atoms with E-state index in [0.29, 0.717) is 6.54 Å². The summed E-state index contributed by atoms with van der Waals surface area (Å²) in [6.07, 6.45) is 0.896. The highest BCUT2D eigenvalue weighted by molar-refractivity contribution is 5.82. The summed E-state index contributed by atoms with van der Waals surface area (Å²) in [7, 11) is 0. The van der Waals surface area contributed by atoms with E-state index < -0.39 is 6.04 Å². The first kappa shape index (κ1) is 11.5. The van der Waals surface area contributed by atoms with Crippen molar-refractivity contribution < 1.29 is 9.90 Å². The van der Waals surface area contributed by atoms with Crippen molar-refractivity contribution in [2.75, 3.05) is 19.7 Å². The second kappa shape index (κ2) is 4.75. The van der Waals surface area contributed by atoms with Gasteiger partial charge in [0.15, 0.2) is 0 Å². The minimum absolute atomic E-state index is 0.0240. The van der Waals surface area contributed by atoms with E-state index in [2.05, 4.69) is 0 Å². The minimum Gasteiger partial charge on any atom is -0.396 e. The number of aliphatic hydroxyl groups is 1. The Bertz CT molecular complexity index is 206. The lowest BCUT2D eigenvalue weighted by molar-refractivity contribution is -0.132. The maximum absolute atomic E-state index is 11.8. The summed E-state index contributed by atoms with van der Waals surface area (Å²) in [4.78, 5) is 13.5. The molecular formula is C10H20N2O2. The normalized spacial score (nSPS) is 24.4. The van der Waals surface area contributed by atoms with Gasteiger partial charge < -0.3 is 15.7 Å². The van der Waals surface area contributed by atoms with Crippen molar-refractivity contribution in [3.8, 4) is 0 Å². The van der Waals surface area contributed by atoms with E-state index in [9.17, 15) is 4.79 Å². The molecule has 82 valence electrons. The van der Waals surface area contributed by atoms with Crippen LogP contribution in [0.25, 0.3) is 0 Å². The van der Waals surface area contributed by atoms with Crippen LogP contribution in [0.3, 0.4) is 0 Å². The van der Waals surface area contributed by atoms with Gasteiger partial charge in [-0.3, -0.25) is 4.79 Å². The number of carbonyl (C=O) groups is 1. The van der Waals surface area contributed by atoms with Crippen molar-refractivity contribution in [1.29, 1.82) is 0 Å². The molecule has 0 radical (unpaired) electrons. The predicted octanol–water partition coefficient (Wildman–Crippen LogP) is -0.189. The van der Waals surface area contributed by atoms with Gasteiger partial charge in [-0.05, 0) is 12.3 Å². The van der Waals surface area contributed by atoms with Crippen LogP contribution in [0.5, 0.6) is 0 Å². The van der Waals surface area contributed by atoms with Gasteiger partial charge in [0.25, 0.3) is 0 Å². The van der Waals surface area contributed by atoms with Crippen LogP contribution in [0.15, 0.2) is 0 Å². The highest BCUT2D eigenvalue weighted by Crippen LogP contribution is 2.17. The Kier molecular flexibility index (Phi) is 3.89. The van der Waals surface area contributed by atoms with Gasteiger partial charge in [0, 0.05) is 25.6 Å². The third kappa shape index (κ3) is 2.45. The number of amides is 1. The van der Waals surface area contributed by atoms with Crippen LogP contribution in [-0.2, 0) is 4.79 Å². The highest BCUT2D eigenvalue weighted by atomic mass is 16.3. The Morgan fingerprint density at radius 3 is 2.71 bits per heavy atom. The molecule has 4 nitrogen and oxygen atoms in total. The molecule has 0 aromatic heterocycles. The number of hydrogen-bond acceptors (Lipinski definition) is 3. The largest absolute Gasteiger partial charge is 0.396 e. The molecule has 1 fully saturated rings. The third-order valence-corrected chi connectivity index (χ3v) is 2.86. The summed E-state index contributed by atoms with van der Waals surface area (Å²) >= 11 is 0. The van der Waals surface area contributed by atoms with Crippen LogP contribution in [0.2, 0.25) is 0 Å². The summed E-state index contributed by atoms with van der Waals surface area (Å²) in [6, 6.07) is -0.396. The maximum Gasteiger partial charge on any atom is 0.239 e. The molecule has 1 amide bonds. The molecule has 2 atom stereocenters. The third-order valence-electron chi connectivity index (χ3n) is 2.86. The zero-order valence-corrected chi connectivity index (χ0v) is 8.94. The van der Waals surface area contributed by atoms with Crippen LogP contribution < -0.4 is 5.73 Å². The van der Waals surface area contributed by atoms with Crippen molar-refractivity contribution in [2.45, 2.75) is 26.3 Å². The lowest BCUT2D eigenvalue weighted by Crippen LogP contribution is -2.45. The Morgan fingerprint density at radius 1 is 1.64 bits per heavy atom. The van der Waals surface area contributed by atoms with E-state index in [1.807, 2.05) is 13.8 Å². The van der Waals surface area contributed by atoms with Gasteiger partial charge in [-0.15, -0.1) is 0 Å². The summed E-state index contributed by atoms with van der Waals surface area (Å²) in [5.41, 5.74) is 5.77. The molecule has 3 N–H and O–H groups in total. The van der Waals surface area contributed by atoms with Gasteiger partial charge in [-0.2, -0.15) is 0 Å². The SMILES string of the molecule is CC(C)[C@@H](N)C(=O)N1CCC(CO)C1. The molecular weight excluding hydrogens is 180 g/mol. The van der Waals surface area contributed by atoms with Gasteiger partial charge in [0.1, 0.15) is 0 Å². The van der Waals surface area contributed by atoms with Gasteiger partial charge in [-0.1, -0.05) is 13.8 Å². The molecule has 1 saturated heterocycles. The Morgan fingerprint density at radius 2 is 2.29 bits per heavy atom. The zero-order chi connectivity index (χ0) is 10.7. The first-order valence-electron chi connectivity index (χ1n) is 5.21. The fourth-order valence-corrected chi connectivity index (χ4v) is 1.68. The molecule has 1 heterocycles. The van der Waals surface area contributed by atoms with Crippen molar-refractivity contribution in [1.82, 2.24) is 4.90 Å². The fourth-order valence-electron chi connectivity index (χ4n) is 1.68. The van der Waals surface area contributed by atoms with E-state index in [-0.39, 0.29) is 24.3 Å². The summed E-state index contributed by atoms with van der Waals surface area (Å²) in [5.74, 6) is 0.449. The summed E-state index contributed by atoms with van der Waals surface area (Å²) in [6.45, 7) is 5.46. The molecule has 0 saturated carbocycles. The van der Waals surface area contributed by atoms with E-state index in [1.54, 1.807) is 4.90 Å². The first-order chi connectivity index (χ1) is 6.56. The molecule has 0 aromatic rings. The minimum atomic E-state index is -0.396. The molecule has 0 aromatic carbocycles. The molecule has 0 spiro atoms. The number of carbonyl (C=O) groups excluding carboxylic acids is 1. The molecule has 1 aliphatic rings. The average molecular weight is 200 g/mol. The lowest BCUT2D eigenvalue weighted by atomic mass is 10.0. The number of rotatable bonds is 3. The number of likely N-dealkylation sites (tertiary alicyclic amines) is 1. The average Bonchev–Trinajstić information content (AvgIpc) is 2.63. The number of aliphatic hydroxyl groups excluding tert-OH is 1. The molecule has 1 unspecified atom stereocenters. The number of hydrogen-bond donors (Lipinski definition) is 2. The monoisotopic (exact) mass is 200 g/mol. The summed E-state index contributed by atoms with van der Waals surface area (Å²) in [5, 5.41) is 8.94. The maximum atomic E-state index is 11.8. The number of nitrogens with two attached hydrogens (primary N) is 1. The lowest BCUT2D eigenvalue weighted by Gasteiger charge is -2.22. The van der Waals surface area contributed by atoms with E-state index in [1.165, 1.54) is 0 Å². The summed E-state index contributed by atoms with van der Waals surface area (Å²) < 4.78 is 0. The first-order valence-corrected chi connectivity index (χ1v) is 5.21. The smallest absolute Gasteiger partial charge is 0.239 e. The molecule has 14 heavy (non-hydrogen) atoms. The molecule has 0 aliphatic carbocycles. The van der Waals surface area contributed by atoms with Crippen LogP contribution >= 0.6 is 0 Å². The van der Waals surface area contributed by atoms with Gasteiger partial charge in [0.05, 0.1) is 6.04 Å². The topological polar surface area (TPSA) is 66.6 Å². The second-order valence-corrected chi connectivity index (χ2v) is 4.39. The van der Waals surface area contributed by atoms with Crippen molar-refractivity contribution in [3.05, 3.63) is 0 Å². The van der Waals surface area contributed by atoms with Crippen LogP contribution in [0.1, 0.15) is 20.3 Å². The molecule has 1 rings (SSSR count). The Hall–Kier alpha value is -0.610. The van der Waals surface area contributed by atoms with E-state index in [4.69, 9.17) is 10.8 Å². The van der Waals surface area contributed by atoms with Gasteiger partial charge >= 0.3 is 0 Å². The Balaban J connectivity index is 2.47. The van der Waals surface area contributed by atoms with Crippen molar-refractivity contribution >= 4 is 5.91 Å². The standard InChI is InChI=1S/C10H20N2O2/c1-7(2)9(11)10(14)12-4-3-8(5-12)6-13/h7-9,13H,3-6,11H2,1-2H3/t8?,9-/m1/s1. The van der Waals surface area contributed by atoms with Crippen LogP contribution in [0.4, 0.5) is 0 Å². The zero-order valence-electron chi connectivity index (χ0n) is 8.94. The number of nitrogens with zero attached hydrogens (tertiary/aromatic N) is 1. The fraction of sp³-hybridized carbons (Fsp3) is 0.900. The van der Waals surface area contributed by atoms with Gasteiger partial charge in [-0.25, -0.2) is 0 Å². The van der Waals surface area contributed by atoms with Crippen molar-refractivity contribution in [2.24, 2.45) is 17.6 Å². The Labute approximate surface area is 85.1 Å². The van der Waals surface area contributed by atoms with Crippen LogP contribution in [-0.4, -0.2) is 41.7 Å². The molecule has 4 heteroatoms. The van der Waals surface area contributed by atoms with Crippen molar-refractivity contribution in [3.63, 3.8) is 0 Å². The van der Waals surface area contributed by atoms with Gasteiger partial charge in [0.2, 0.25) is 5.91 Å². The van der Waals surface area contributed by atoms with E-state index >= 15 is 0 Å². The van der Waals surface area contributed by atoms with Crippen LogP contribution in [0, 0.1) is 11.8 Å². The second-order valence-electron chi connectivity index (χ2n) is 4.39. The predicted molar refractivity (Wildman–Crippen MR) is 54.6 cm³/mol. The quantitative estimate of drug-likeness (QED) is 0.663. The van der Waals surface area contributed by atoms with E-state index in [0.717, 1.165) is 13.0 Å². The molecule has 1 aliphatic heterocycles. The molecule has 0 bridgehead atoms. The highest BCUT2D eigenvalue weighted by Gasteiger charge is 2.29.